The van der Waals surface area contributed by atoms with Crippen LogP contribution in [-0.2, 0) is 4.74 Å². The summed E-state index contributed by atoms with van der Waals surface area (Å²) in [5, 5.41) is 41.4. The van der Waals surface area contributed by atoms with Gasteiger partial charge in [0.1, 0.15) is 24.4 Å². The fraction of sp³-hybridized carbons (Fsp3) is 0.571. The third-order valence-electron chi connectivity index (χ3n) is 3.71. The molecule has 112 valence electrons. The lowest BCUT2D eigenvalue weighted by Crippen LogP contribution is -2.60. The maximum Gasteiger partial charge on any atom is 0.157 e. The number of rotatable bonds is 3. The van der Waals surface area contributed by atoms with E-state index in [0.717, 1.165) is 16.8 Å². The minimum Gasteiger partial charge on any atom is -0.394 e. The molecule has 6 nitrogen and oxygen atoms in total. The van der Waals surface area contributed by atoms with Crippen LogP contribution in [0.15, 0.2) is 18.2 Å². The molecule has 0 amide bonds. The van der Waals surface area contributed by atoms with Crippen LogP contribution in [-0.4, -0.2) is 57.7 Å². The Morgan fingerprint density at radius 3 is 2.35 bits per heavy atom. The van der Waals surface area contributed by atoms with E-state index >= 15 is 0 Å². The van der Waals surface area contributed by atoms with Crippen LogP contribution in [0.2, 0.25) is 0 Å². The highest BCUT2D eigenvalue weighted by atomic mass is 16.6. The van der Waals surface area contributed by atoms with Crippen molar-refractivity contribution < 1.29 is 25.2 Å². The number of aliphatic hydroxyl groups excluding tert-OH is 4. The summed E-state index contributed by atoms with van der Waals surface area (Å²) >= 11 is 0. The molecule has 1 saturated heterocycles. The molecule has 2 rings (SSSR count). The SMILES string of the molecule is Cc1ccc(N[C@@H]2OC(CO)[C@H](O)C(O)C2O)cc1C. The summed E-state index contributed by atoms with van der Waals surface area (Å²) in [4.78, 5) is 0. The van der Waals surface area contributed by atoms with E-state index < -0.39 is 37.3 Å². The van der Waals surface area contributed by atoms with Crippen LogP contribution in [0.4, 0.5) is 5.69 Å². The molecule has 1 fully saturated rings. The zero-order chi connectivity index (χ0) is 14.9. The van der Waals surface area contributed by atoms with E-state index in [-0.39, 0.29) is 0 Å². The molecule has 0 aliphatic carbocycles. The predicted octanol–water partition coefficient (Wildman–Crippen LogP) is -0.485. The average Bonchev–Trinajstić information content (AvgIpc) is 2.43. The lowest BCUT2D eigenvalue weighted by molar-refractivity contribution is -0.221. The summed E-state index contributed by atoms with van der Waals surface area (Å²) in [5.41, 5.74) is 2.96. The minimum absolute atomic E-state index is 0.434. The number of hydrogen-bond donors (Lipinski definition) is 5. The van der Waals surface area contributed by atoms with Crippen molar-refractivity contribution in [2.45, 2.75) is 44.5 Å². The molecular formula is C14H21NO5. The van der Waals surface area contributed by atoms with Crippen LogP contribution in [0.5, 0.6) is 0 Å². The number of hydrogen-bond acceptors (Lipinski definition) is 6. The zero-order valence-corrected chi connectivity index (χ0v) is 11.5. The molecule has 1 aromatic carbocycles. The molecule has 20 heavy (non-hydrogen) atoms. The van der Waals surface area contributed by atoms with E-state index in [2.05, 4.69) is 5.32 Å². The highest BCUT2D eigenvalue weighted by Gasteiger charge is 2.43. The Hall–Kier alpha value is -1.18. The number of nitrogens with one attached hydrogen (secondary N) is 1. The second kappa shape index (κ2) is 6.07. The number of benzene rings is 1. The number of anilines is 1. The van der Waals surface area contributed by atoms with E-state index in [1.165, 1.54) is 0 Å². The minimum atomic E-state index is -1.37. The first-order chi connectivity index (χ1) is 9.43. The number of ether oxygens (including phenoxy) is 1. The van der Waals surface area contributed by atoms with Crippen molar-refractivity contribution in [3.8, 4) is 0 Å². The van der Waals surface area contributed by atoms with Crippen LogP contribution >= 0.6 is 0 Å². The monoisotopic (exact) mass is 283 g/mol. The van der Waals surface area contributed by atoms with Gasteiger partial charge in [-0.05, 0) is 37.1 Å². The average molecular weight is 283 g/mol. The maximum atomic E-state index is 9.93. The Morgan fingerprint density at radius 1 is 1.05 bits per heavy atom. The van der Waals surface area contributed by atoms with Gasteiger partial charge >= 0.3 is 0 Å². The largest absolute Gasteiger partial charge is 0.394 e. The molecule has 1 aromatic rings. The highest BCUT2D eigenvalue weighted by molar-refractivity contribution is 5.48. The second-order valence-electron chi connectivity index (χ2n) is 5.19. The molecule has 5 N–H and O–H groups in total. The maximum absolute atomic E-state index is 9.93. The second-order valence-corrected chi connectivity index (χ2v) is 5.19. The van der Waals surface area contributed by atoms with Crippen LogP contribution in [0.1, 0.15) is 11.1 Å². The van der Waals surface area contributed by atoms with Gasteiger partial charge in [0, 0.05) is 5.69 Å². The van der Waals surface area contributed by atoms with Crippen molar-refractivity contribution in [2.75, 3.05) is 11.9 Å². The molecule has 6 heteroatoms. The summed E-state index contributed by atoms with van der Waals surface area (Å²) in [5.74, 6) is 0. The van der Waals surface area contributed by atoms with E-state index in [1.807, 2.05) is 32.0 Å². The van der Waals surface area contributed by atoms with E-state index in [0.29, 0.717) is 0 Å². The Bertz CT molecular complexity index is 465. The molecule has 3 unspecified atom stereocenters. The van der Waals surface area contributed by atoms with Gasteiger partial charge in [0.2, 0.25) is 0 Å². The summed E-state index contributed by atoms with van der Waals surface area (Å²) < 4.78 is 5.38. The summed E-state index contributed by atoms with van der Waals surface area (Å²) in [6, 6.07) is 5.67. The van der Waals surface area contributed by atoms with Crippen LogP contribution in [0.3, 0.4) is 0 Å². The van der Waals surface area contributed by atoms with Gasteiger partial charge in [-0.3, -0.25) is 0 Å². The van der Waals surface area contributed by atoms with Crippen LogP contribution in [0, 0.1) is 13.8 Å². The molecule has 0 saturated carbocycles. The Kier molecular flexibility index (Phi) is 4.62. The lowest BCUT2D eigenvalue weighted by Gasteiger charge is -2.40. The van der Waals surface area contributed by atoms with Gasteiger partial charge in [-0.25, -0.2) is 0 Å². The number of aliphatic hydroxyl groups is 4. The zero-order valence-electron chi connectivity index (χ0n) is 11.5. The molecule has 1 aliphatic heterocycles. The van der Waals surface area contributed by atoms with E-state index in [9.17, 15) is 15.3 Å². The lowest BCUT2D eigenvalue weighted by atomic mass is 9.98. The van der Waals surface area contributed by atoms with Gasteiger partial charge in [-0.15, -0.1) is 0 Å². The molecular weight excluding hydrogens is 262 g/mol. The summed E-state index contributed by atoms with van der Waals surface area (Å²) in [6.45, 7) is 3.52. The predicted molar refractivity (Wildman–Crippen MR) is 73.3 cm³/mol. The van der Waals surface area contributed by atoms with Gasteiger partial charge in [0.05, 0.1) is 6.61 Å². The highest BCUT2D eigenvalue weighted by Crippen LogP contribution is 2.23. The van der Waals surface area contributed by atoms with Gasteiger partial charge in [0.25, 0.3) is 0 Å². The standard InChI is InChI=1S/C14H21NO5/c1-7-3-4-9(5-8(7)2)15-14-13(19)12(18)11(17)10(6-16)20-14/h3-5,10-19H,6H2,1-2H3/t10?,11-,12?,13?,14+/m0/s1. The Morgan fingerprint density at radius 2 is 1.75 bits per heavy atom. The fourth-order valence-corrected chi connectivity index (χ4v) is 2.22. The molecule has 1 heterocycles. The van der Waals surface area contributed by atoms with Crippen molar-refractivity contribution in [3.63, 3.8) is 0 Å². The Balaban J connectivity index is 2.13. The van der Waals surface area contributed by atoms with Crippen molar-refractivity contribution in [2.24, 2.45) is 0 Å². The fourth-order valence-electron chi connectivity index (χ4n) is 2.22. The van der Waals surface area contributed by atoms with Gasteiger partial charge in [-0.2, -0.15) is 0 Å². The number of aryl methyl sites for hydroxylation is 2. The molecule has 0 radical (unpaired) electrons. The normalized spacial score (nSPS) is 34.0. The van der Waals surface area contributed by atoms with Gasteiger partial charge in [-0.1, -0.05) is 6.07 Å². The first-order valence-electron chi connectivity index (χ1n) is 6.58. The quantitative estimate of drug-likeness (QED) is 0.513. The van der Waals surface area contributed by atoms with E-state index in [4.69, 9.17) is 9.84 Å². The Labute approximate surface area is 117 Å². The topological polar surface area (TPSA) is 102 Å². The third-order valence-corrected chi connectivity index (χ3v) is 3.71. The van der Waals surface area contributed by atoms with Crippen molar-refractivity contribution in [1.29, 1.82) is 0 Å². The third kappa shape index (κ3) is 2.94. The first-order valence-corrected chi connectivity index (χ1v) is 6.58. The van der Waals surface area contributed by atoms with Crippen molar-refractivity contribution >= 4 is 5.69 Å². The summed E-state index contributed by atoms with van der Waals surface area (Å²) in [7, 11) is 0. The molecule has 0 spiro atoms. The van der Waals surface area contributed by atoms with Gasteiger partial charge < -0.3 is 30.5 Å². The van der Waals surface area contributed by atoms with E-state index in [1.54, 1.807) is 0 Å². The van der Waals surface area contributed by atoms with Crippen molar-refractivity contribution in [3.05, 3.63) is 29.3 Å². The molecule has 5 atom stereocenters. The molecule has 0 bridgehead atoms. The van der Waals surface area contributed by atoms with Crippen LogP contribution in [0.25, 0.3) is 0 Å². The summed E-state index contributed by atoms with van der Waals surface area (Å²) in [6.07, 6.45) is -5.79. The van der Waals surface area contributed by atoms with Crippen LogP contribution < -0.4 is 5.32 Å². The smallest absolute Gasteiger partial charge is 0.157 e. The van der Waals surface area contributed by atoms with Gasteiger partial charge in [0.15, 0.2) is 6.23 Å². The van der Waals surface area contributed by atoms with Crippen molar-refractivity contribution in [1.82, 2.24) is 0 Å². The molecule has 1 aliphatic rings. The first kappa shape index (κ1) is 15.2. The molecule has 0 aromatic heterocycles.